The Morgan fingerprint density at radius 3 is 2.39 bits per heavy atom. The second-order valence-electron chi connectivity index (χ2n) is 5.53. The molecule has 2 aliphatic rings. The highest BCUT2D eigenvalue weighted by atomic mass is 16.5. The lowest BCUT2D eigenvalue weighted by molar-refractivity contribution is 0.221. The van der Waals surface area contributed by atoms with Gasteiger partial charge in [-0.2, -0.15) is 0 Å². The Labute approximate surface area is 109 Å². The Balaban J connectivity index is 1.69. The Hall–Kier alpha value is -1.06. The van der Waals surface area contributed by atoms with Crippen LogP contribution in [0.2, 0.25) is 0 Å². The topological polar surface area (TPSA) is 24.5 Å². The molecule has 2 fully saturated rings. The number of hydrogen-bond acceptors (Lipinski definition) is 3. The molecule has 18 heavy (non-hydrogen) atoms. The van der Waals surface area contributed by atoms with Crippen molar-refractivity contribution in [1.82, 2.24) is 10.2 Å². The molecule has 1 aromatic carbocycles. The van der Waals surface area contributed by atoms with Gasteiger partial charge >= 0.3 is 0 Å². The third kappa shape index (κ3) is 2.38. The van der Waals surface area contributed by atoms with E-state index in [0.717, 1.165) is 18.8 Å². The number of methoxy groups -OCH3 is 1. The predicted octanol–water partition coefficient (Wildman–Crippen LogP) is 1.63. The molecule has 1 saturated heterocycles. The lowest BCUT2D eigenvalue weighted by Gasteiger charge is -2.31. The summed E-state index contributed by atoms with van der Waals surface area (Å²) in [4.78, 5) is 2.60. The zero-order valence-corrected chi connectivity index (χ0v) is 11.1. The van der Waals surface area contributed by atoms with Crippen LogP contribution in [0.3, 0.4) is 0 Å². The maximum Gasteiger partial charge on any atom is 0.118 e. The monoisotopic (exact) mass is 246 g/mol. The lowest BCUT2D eigenvalue weighted by atomic mass is 9.95. The molecule has 0 aromatic heterocycles. The van der Waals surface area contributed by atoms with Crippen molar-refractivity contribution >= 4 is 0 Å². The molecule has 3 heteroatoms. The third-order valence-electron chi connectivity index (χ3n) is 4.29. The highest BCUT2D eigenvalue weighted by molar-refractivity contribution is 5.36. The molecule has 0 unspecified atom stereocenters. The van der Waals surface area contributed by atoms with Gasteiger partial charge in [0.15, 0.2) is 0 Å². The van der Waals surface area contributed by atoms with E-state index in [1.165, 1.54) is 38.0 Å². The molecule has 0 bridgehead atoms. The fourth-order valence-electron chi connectivity index (χ4n) is 2.93. The molecule has 0 spiro atoms. The highest BCUT2D eigenvalue weighted by Crippen LogP contribution is 2.49. The van der Waals surface area contributed by atoms with E-state index < -0.39 is 0 Å². The van der Waals surface area contributed by atoms with Gasteiger partial charge in [0.2, 0.25) is 0 Å². The summed E-state index contributed by atoms with van der Waals surface area (Å²) >= 11 is 0. The summed E-state index contributed by atoms with van der Waals surface area (Å²) in [6.07, 6.45) is 2.67. The molecule has 1 aromatic rings. The van der Waals surface area contributed by atoms with Crippen LogP contribution < -0.4 is 10.1 Å². The molecule has 0 radical (unpaired) electrons. The fourth-order valence-corrected chi connectivity index (χ4v) is 2.93. The van der Waals surface area contributed by atoms with Gasteiger partial charge < -0.3 is 10.1 Å². The average Bonchev–Trinajstić information content (AvgIpc) is 3.21. The Bertz CT molecular complexity index is 391. The summed E-state index contributed by atoms with van der Waals surface area (Å²) in [5.74, 6) is 0.955. The predicted molar refractivity (Wildman–Crippen MR) is 73.2 cm³/mol. The second-order valence-corrected chi connectivity index (χ2v) is 5.53. The van der Waals surface area contributed by atoms with E-state index in [-0.39, 0.29) is 0 Å². The molecular weight excluding hydrogens is 224 g/mol. The minimum Gasteiger partial charge on any atom is -0.497 e. The average molecular weight is 246 g/mol. The molecular formula is C15H22N2O. The standard InChI is InChI=1S/C15H22N2O/c1-18-14-4-2-13(3-5-14)15(6-7-15)12-17-10-8-16-9-11-17/h2-5,16H,6-12H2,1H3. The first kappa shape index (κ1) is 12.0. The van der Waals surface area contributed by atoms with Crippen LogP contribution in [0.25, 0.3) is 0 Å². The SMILES string of the molecule is COc1ccc(C2(CN3CCNCC3)CC2)cc1. The van der Waals surface area contributed by atoms with Gasteiger partial charge in [-0.3, -0.25) is 4.90 Å². The van der Waals surface area contributed by atoms with Crippen LogP contribution in [0.4, 0.5) is 0 Å². The molecule has 98 valence electrons. The first-order chi connectivity index (χ1) is 8.82. The zero-order chi connectivity index (χ0) is 12.4. The number of piperazine rings is 1. The van der Waals surface area contributed by atoms with Gasteiger partial charge in [-0.05, 0) is 30.5 Å². The van der Waals surface area contributed by atoms with Crippen molar-refractivity contribution in [3.8, 4) is 5.75 Å². The molecule has 1 aliphatic carbocycles. The van der Waals surface area contributed by atoms with Gasteiger partial charge in [-0.15, -0.1) is 0 Å². The van der Waals surface area contributed by atoms with E-state index in [1.54, 1.807) is 7.11 Å². The molecule has 0 amide bonds. The van der Waals surface area contributed by atoms with Crippen LogP contribution in [0.5, 0.6) is 5.75 Å². The Morgan fingerprint density at radius 1 is 1.17 bits per heavy atom. The molecule has 3 rings (SSSR count). The number of ether oxygens (including phenoxy) is 1. The quantitative estimate of drug-likeness (QED) is 0.874. The highest BCUT2D eigenvalue weighted by Gasteiger charge is 2.45. The summed E-state index contributed by atoms with van der Waals surface area (Å²) in [7, 11) is 1.72. The van der Waals surface area contributed by atoms with Crippen molar-refractivity contribution in [2.75, 3.05) is 39.8 Å². The number of nitrogens with one attached hydrogen (secondary N) is 1. The Kier molecular flexibility index (Phi) is 3.27. The van der Waals surface area contributed by atoms with Crippen molar-refractivity contribution in [3.05, 3.63) is 29.8 Å². The van der Waals surface area contributed by atoms with Crippen LogP contribution in [0.1, 0.15) is 18.4 Å². The minimum atomic E-state index is 0.434. The van der Waals surface area contributed by atoms with Gasteiger partial charge in [-0.25, -0.2) is 0 Å². The zero-order valence-electron chi connectivity index (χ0n) is 11.1. The van der Waals surface area contributed by atoms with Gasteiger partial charge in [0.25, 0.3) is 0 Å². The van der Waals surface area contributed by atoms with Crippen molar-refractivity contribution in [3.63, 3.8) is 0 Å². The first-order valence-electron chi connectivity index (χ1n) is 6.90. The van der Waals surface area contributed by atoms with Crippen molar-refractivity contribution in [2.24, 2.45) is 0 Å². The van der Waals surface area contributed by atoms with Gasteiger partial charge in [0, 0.05) is 38.1 Å². The maximum absolute atomic E-state index is 5.23. The minimum absolute atomic E-state index is 0.434. The largest absolute Gasteiger partial charge is 0.497 e. The fraction of sp³-hybridized carbons (Fsp3) is 0.600. The van der Waals surface area contributed by atoms with E-state index in [9.17, 15) is 0 Å². The number of nitrogens with zero attached hydrogens (tertiary/aromatic N) is 1. The third-order valence-corrected chi connectivity index (χ3v) is 4.29. The summed E-state index contributed by atoms with van der Waals surface area (Å²) in [6.45, 7) is 5.88. The van der Waals surface area contributed by atoms with Crippen LogP contribution in [-0.2, 0) is 5.41 Å². The van der Waals surface area contributed by atoms with Crippen LogP contribution in [0.15, 0.2) is 24.3 Å². The number of rotatable bonds is 4. The smallest absolute Gasteiger partial charge is 0.118 e. The van der Waals surface area contributed by atoms with Crippen molar-refractivity contribution in [2.45, 2.75) is 18.3 Å². The van der Waals surface area contributed by atoms with E-state index in [0.29, 0.717) is 5.41 Å². The first-order valence-corrected chi connectivity index (χ1v) is 6.90. The van der Waals surface area contributed by atoms with E-state index in [2.05, 4.69) is 34.5 Å². The molecule has 1 heterocycles. The normalized spacial score (nSPS) is 22.7. The molecule has 3 nitrogen and oxygen atoms in total. The number of hydrogen-bond donors (Lipinski definition) is 1. The van der Waals surface area contributed by atoms with Crippen LogP contribution >= 0.6 is 0 Å². The van der Waals surface area contributed by atoms with Crippen LogP contribution in [-0.4, -0.2) is 44.7 Å². The van der Waals surface area contributed by atoms with Gasteiger partial charge in [0.05, 0.1) is 7.11 Å². The maximum atomic E-state index is 5.23. The molecule has 0 atom stereocenters. The second kappa shape index (κ2) is 4.90. The van der Waals surface area contributed by atoms with Crippen molar-refractivity contribution in [1.29, 1.82) is 0 Å². The lowest BCUT2D eigenvalue weighted by Crippen LogP contribution is -2.46. The van der Waals surface area contributed by atoms with E-state index >= 15 is 0 Å². The van der Waals surface area contributed by atoms with Gasteiger partial charge in [-0.1, -0.05) is 12.1 Å². The van der Waals surface area contributed by atoms with Gasteiger partial charge in [0.1, 0.15) is 5.75 Å². The summed E-state index contributed by atoms with van der Waals surface area (Å²) in [5.41, 5.74) is 1.92. The van der Waals surface area contributed by atoms with Crippen LogP contribution in [0, 0.1) is 0 Å². The summed E-state index contributed by atoms with van der Waals surface area (Å²) < 4.78 is 5.23. The number of benzene rings is 1. The molecule has 1 aliphatic heterocycles. The molecule has 1 saturated carbocycles. The molecule has 1 N–H and O–H groups in total. The van der Waals surface area contributed by atoms with E-state index in [4.69, 9.17) is 4.74 Å². The summed E-state index contributed by atoms with van der Waals surface area (Å²) in [6, 6.07) is 8.67. The van der Waals surface area contributed by atoms with Crippen molar-refractivity contribution < 1.29 is 4.74 Å². The van der Waals surface area contributed by atoms with E-state index in [1.807, 2.05) is 0 Å². The Morgan fingerprint density at radius 2 is 1.83 bits per heavy atom. The summed E-state index contributed by atoms with van der Waals surface area (Å²) in [5, 5.41) is 3.42.